The summed E-state index contributed by atoms with van der Waals surface area (Å²) >= 11 is 0. The average Bonchev–Trinajstić information content (AvgIpc) is 3.11. The van der Waals surface area contributed by atoms with Gasteiger partial charge in [-0.05, 0) is 43.7 Å². The van der Waals surface area contributed by atoms with Crippen LogP contribution in [-0.2, 0) is 0 Å². The highest BCUT2D eigenvalue weighted by Crippen LogP contribution is 2.27. The first-order valence-corrected chi connectivity index (χ1v) is 8.56. The zero-order valence-corrected chi connectivity index (χ0v) is 15.2. The van der Waals surface area contributed by atoms with Gasteiger partial charge in [-0.3, -0.25) is 4.79 Å². The quantitative estimate of drug-likeness (QED) is 0.711. The van der Waals surface area contributed by atoms with E-state index in [2.05, 4.69) is 15.4 Å². The van der Waals surface area contributed by atoms with Crippen LogP contribution in [0.2, 0.25) is 0 Å². The predicted octanol–water partition coefficient (Wildman–Crippen LogP) is 3.87. The van der Waals surface area contributed by atoms with Crippen LogP contribution >= 0.6 is 0 Å². The normalized spacial score (nSPS) is 12.4. The van der Waals surface area contributed by atoms with Crippen molar-refractivity contribution in [1.82, 2.24) is 19.9 Å². The minimum atomic E-state index is -2.77. The number of carbonyl (C=O) groups excluding carboxylic acids is 1. The third-order valence-electron chi connectivity index (χ3n) is 4.34. The zero-order chi connectivity index (χ0) is 19.6. The molecule has 1 N–H and O–H groups in total. The van der Waals surface area contributed by atoms with Crippen molar-refractivity contribution in [2.45, 2.75) is 32.7 Å². The largest absolute Gasteiger partial charge is 0.497 e. The molecule has 2 heterocycles. The molecule has 6 nitrogen and oxygen atoms in total. The average molecular weight is 374 g/mol. The molecule has 0 radical (unpaired) electrons. The molecule has 0 aliphatic rings. The summed E-state index contributed by atoms with van der Waals surface area (Å²) in [4.78, 5) is 16.9. The molecule has 0 spiro atoms. The van der Waals surface area contributed by atoms with Crippen LogP contribution in [0.15, 0.2) is 36.5 Å². The molecule has 2 aromatic heterocycles. The second kappa shape index (κ2) is 7.69. The van der Waals surface area contributed by atoms with Gasteiger partial charge in [-0.15, -0.1) is 0 Å². The molecule has 0 fully saturated rings. The summed E-state index contributed by atoms with van der Waals surface area (Å²) in [6.07, 6.45) is -0.750. The molecule has 3 rings (SSSR count). The molecule has 27 heavy (non-hydrogen) atoms. The van der Waals surface area contributed by atoms with Crippen molar-refractivity contribution >= 4 is 11.6 Å². The van der Waals surface area contributed by atoms with Gasteiger partial charge in [0.1, 0.15) is 17.0 Å². The Hall–Kier alpha value is -3.03. The highest BCUT2D eigenvalue weighted by molar-refractivity contribution is 6.00. The molecular formula is C19H20F2N4O2. The summed E-state index contributed by atoms with van der Waals surface area (Å²) in [5, 5.41) is 6.76. The fraction of sp³-hybridized carbons (Fsp3) is 0.316. The number of ether oxygens (including phenoxy) is 1. The first-order chi connectivity index (χ1) is 12.9. The van der Waals surface area contributed by atoms with Crippen molar-refractivity contribution in [3.8, 4) is 17.0 Å². The number of rotatable bonds is 6. The number of hydrogen-bond donors (Lipinski definition) is 1. The first kappa shape index (κ1) is 18.8. The Morgan fingerprint density at radius 1 is 1.30 bits per heavy atom. The van der Waals surface area contributed by atoms with Crippen LogP contribution in [0, 0.1) is 0 Å². The molecule has 1 atom stereocenters. The lowest BCUT2D eigenvalue weighted by Gasteiger charge is -2.11. The molecule has 0 aliphatic heterocycles. The maximum Gasteiger partial charge on any atom is 0.280 e. The van der Waals surface area contributed by atoms with E-state index in [1.54, 1.807) is 31.4 Å². The van der Waals surface area contributed by atoms with Crippen molar-refractivity contribution < 1.29 is 18.3 Å². The third-order valence-corrected chi connectivity index (χ3v) is 4.34. The molecule has 0 bridgehead atoms. The number of hydrogen-bond acceptors (Lipinski definition) is 4. The lowest BCUT2D eigenvalue weighted by Crippen LogP contribution is -2.31. The molecule has 3 aromatic rings. The molecular weight excluding hydrogens is 354 g/mol. The van der Waals surface area contributed by atoms with Crippen LogP contribution in [0.4, 0.5) is 8.78 Å². The van der Waals surface area contributed by atoms with Gasteiger partial charge in [0, 0.05) is 11.6 Å². The number of amides is 1. The predicted molar refractivity (Wildman–Crippen MR) is 97.2 cm³/mol. The highest BCUT2D eigenvalue weighted by atomic mass is 19.3. The van der Waals surface area contributed by atoms with Crippen molar-refractivity contribution in [2.24, 2.45) is 0 Å². The van der Waals surface area contributed by atoms with E-state index >= 15 is 0 Å². The van der Waals surface area contributed by atoms with Crippen molar-refractivity contribution in [1.29, 1.82) is 0 Å². The Kier molecular flexibility index (Phi) is 5.34. The fourth-order valence-electron chi connectivity index (χ4n) is 2.61. The van der Waals surface area contributed by atoms with Crippen LogP contribution in [0.1, 0.15) is 42.7 Å². The van der Waals surface area contributed by atoms with E-state index < -0.39 is 6.43 Å². The van der Waals surface area contributed by atoms with Crippen molar-refractivity contribution in [2.75, 3.05) is 7.11 Å². The lowest BCUT2D eigenvalue weighted by molar-refractivity contribution is 0.0940. The summed E-state index contributed by atoms with van der Waals surface area (Å²) in [7, 11) is 1.54. The number of carbonyl (C=O) groups is 1. The van der Waals surface area contributed by atoms with Crippen LogP contribution in [0.5, 0.6) is 5.75 Å². The van der Waals surface area contributed by atoms with E-state index in [-0.39, 0.29) is 28.9 Å². The van der Waals surface area contributed by atoms with E-state index in [1.807, 2.05) is 13.8 Å². The Morgan fingerprint density at radius 3 is 2.59 bits per heavy atom. The van der Waals surface area contributed by atoms with E-state index in [0.29, 0.717) is 17.0 Å². The molecule has 8 heteroatoms. The Bertz CT molecular complexity index is 954. The lowest BCUT2D eigenvalue weighted by atomic mass is 10.1. The van der Waals surface area contributed by atoms with Gasteiger partial charge in [0.2, 0.25) is 0 Å². The van der Waals surface area contributed by atoms with E-state index in [1.165, 1.54) is 12.3 Å². The Labute approximate surface area is 155 Å². The smallest absolute Gasteiger partial charge is 0.280 e. The van der Waals surface area contributed by atoms with E-state index in [0.717, 1.165) is 10.9 Å². The maximum atomic E-state index is 13.6. The summed E-state index contributed by atoms with van der Waals surface area (Å²) in [5.41, 5.74) is 0.897. The number of fused-ring (bicyclic) bond motifs is 1. The molecule has 1 aromatic carbocycles. The number of methoxy groups -OCH3 is 1. The van der Waals surface area contributed by atoms with Crippen molar-refractivity contribution in [3.05, 3.63) is 47.8 Å². The highest BCUT2D eigenvalue weighted by Gasteiger charge is 2.22. The third kappa shape index (κ3) is 3.74. The minimum absolute atomic E-state index is 0.0493. The molecule has 142 valence electrons. The minimum Gasteiger partial charge on any atom is -0.497 e. The number of benzene rings is 1. The fourth-order valence-corrected chi connectivity index (χ4v) is 2.61. The van der Waals surface area contributed by atoms with Gasteiger partial charge in [0.15, 0.2) is 5.65 Å². The summed E-state index contributed by atoms with van der Waals surface area (Å²) in [5.74, 6) is 0.255. The van der Waals surface area contributed by atoms with Gasteiger partial charge in [0.25, 0.3) is 12.3 Å². The maximum absolute atomic E-state index is 13.6. The molecule has 1 amide bonds. The second-order valence-electron chi connectivity index (χ2n) is 6.17. The van der Waals surface area contributed by atoms with E-state index in [9.17, 15) is 13.6 Å². The van der Waals surface area contributed by atoms with Crippen LogP contribution in [-0.4, -0.2) is 33.7 Å². The van der Waals surface area contributed by atoms with Gasteiger partial charge < -0.3 is 10.1 Å². The topological polar surface area (TPSA) is 68.5 Å². The molecule has 0 saturated carbocycles. The number of aromatic nitrogens is 3. The number of nitrogens with zero attached hydrogens (tertiary/aromatic N) is 3. The molecule has 0 saturated heterocycles. The van der Waals surface area contributed by atoms with Gasteiger partial charge in [-0.25, -0.2) is 18.3 Å². The summed E-state index contributed by atoms with van der Waals surface area (Å²) in [6.45, 7) is 3.81. The van der Waals surface area contributed by atoms with Crippen LogP contribution in [0.25, 0.3) is 16.9 Å². The number of alkyl halides is 2. The summed E-state index contributed by atoms with van der Waals surface area (Å²) < 4.78 is 33.3. The SMILES string of the molecule is CCC(C)NC(=O)c1cnn2c(C(F)F)cc(-c3ccc(OC)cc3)nc12. The molecule has 0 aliphatic carbocycles. The van der Waals surface area contributed by atoms with Gasteiger partial charge in [0.05, 0.1) is 19.0 Å². The van der Waals surface area contributed by atoms with Crippen molar-refractivity contribution in [3.63, 3.8) is 0 Å². The van der Waals surface area contributed by atoms with E-state index in [4.69, 9.17) is 4.74 Å². The zero-order valence-electron chi connectivity index (χ0n) is 15.2. The second-order valence-corrected chi connectivity index (χ2v) is 6.17. The number of nitrogens with one attached hydrogen (secondary N) is 1. The Balaban J connectivity index is 2.12. The molecule has 1 unspecified atom stereocenters. The first-order valence-electron chi connectivity index (χ1n) is 8.56. The van der Waals surface area contributed by atoms with Gasteiger partial charge in [-0.2, -0.15) is 5.10 Å². The Morgan fingerprint density at radius 2 is 2.00 bits per heavy atom. The standard InChI is InChI=1S/C19H20F2N4O2/c1-4-11(2)23-19(26)14-10-22-25-16(17(20)21)9-15(24-18(14)25)12-5-7-13(27-3)8-6-12/h5-11,17H,4H2,1-3H3,(H,23,26). The summed E-state index contributed by atoms with van der Waals surface area (Å²) in [6, 6.07) is 8.12. The monoisotopic (exact) mass is 374 g/mol. The van der Waals surface area contributed by atoms with Gasteiger partial charge in [-0.1, -0.05) is 6.92 Å². The van der Waals surface area contributed by atoms with Gasteiger partial charge >= 0.3 is 0 Å². The van der Waals surface area contributed by atoms with Crippen LogP contribution in [0.3, 0.4) is 0 Å². The van der Waals surface area contributed by atoms with Crippen LogP contribution < -0.4 is 10.1 Å². The number of halogens is 2.